The fourth-order valence-corrected chi connectivity index (χ4v) is 2.05. The topological polar surface area (TPSA) is 64.9 Å². The number of aromatic nitrogens is 2. The molecule has 0 aliphatic rings. The Balaban J connectivity index is 0.00000161. The Morgan fingerprint density at radius 1 is 0.952 bits per heavy atom. The van der Waals surface area contributed by atoms with Crippen molar-refractivity contribution in [2.24, 2.45) is 5.73 Å². The molecule has 1 atom stereocenters. The van der Waals surface area contributed by atoms with Crippen LogP contribution in [0.4, 0.5) is 0 Å². The van der Waals surface area contributed by atoms with Gasteiger partial charge in [0, 0.05) is 5.56 Å². The molecule has 3 rings (SSSR count). The summed E-state index contributed by atoms with van der Waals surface area (Å²) in [5.74, 6) is 1.04. The Labute approximate surface area is 129 Å². The highest BCUT2D eigenvalue weighted by molar-refractivity contribution is 5.85. The minimum Gasteiger partial charge on any atom is -0.337 e. The molecule has 0 spiro atoms. The molecule has 5 heteroatoms. The van der Waals surface area contributed by atoms with Gasteiger partial charge in [0.25, 0.3) is 0 Å². The Bertz CT molecular complexity index is 670. The van der Waals surface area contributed by atoms with Crippen LogP contribution >= 0.6 is 12.4 Å². The number of halogens is 1. The van der Waals surface area contributed by atoms with E-state index in [2.05, 4.69) is 10.1 Å². The van der Waals surface area contributed by atoms with Gasteiger partial charge in [0.15, 0.2) is 0 Å². The van der Waals surface area contributed by atoms with Gasteiger partial charge in [0.2, 0.25) is 11.7 Å². The molecule has 2 aromatic carbocycles. The van der Waals surface area contributed by atoms with Crippen molar-refractivity contribution in [2.75, 3.05) is 0 Å². The largest absolute Gasteiger partial charge is 0.337 e. The first kappa shape index (κ1) is 15.2. The smallest absolute Gasteiger partial charge is 0.244 e. The van der Waals surface area contributed by atoms with Crippen LogP contribution in [0.2, 0.25) is 0 Å². The molecular weight excluding hydrogens is 286 g/mol. The van der Waals surface area contributed by atoms with Gasteiger partial charge in [0.1, 0.15) is 0 Å². The monoisotopic (exact) mass is 301 g/mol. The third kappa shape index (κ3) is 3.68. The summed E-state index contributed by atoms with van der Waals surface area (Å²) in [5, 5.41) is 3.98. The Hall–Kier alpha value is -2.17. The molecule has 1 aromatic heterocycles. The van der Waals surface area contributed by atoms with Gasteiger partial charge in [-0.2, -0.15) is 4.98 Å². The molecule has 4 nitrogen and oxygen atoms in total. The van der Waals surface area contributed by atoms with E-state index in [9.17, 15) is 0 Å². The molecule has 0 radical (unpaired) electrons. The lowest BCUT2D eigenvalue weighted by Crippen LogP contribution is -2.13. The highest BCUT2D eigenvalue weighted by atomic mass is 35.5. The molecule has 0 saturated carbocycles. The zero-order valence-corrected chi connectivity index (χ0v) is 12.2. The van der Waals surface area contributed by atoms with Crippen LogP contribution in [0, 0.1) is 0 Å². The maximum Gasteiger partial charge on any atom is 0.244 e. The summed E-state index contributed by atoms with van der Waals surface area (Å²) >= 11 is 0. The molecule has 0 saturated heterocycles. The first-order chi connectivity index (χ1) is 9.83. The second kappa shape index (κ2) is 7.02. The molecule has 2 N–H and O–H groups in total. The zero-order valence-electron chi connectivity index (χ0n) is 11.3. The van der Waals surface area contributed by atoms with E-state index in [0.717, 1.165) is 11.1 Å². The van der Waals surface area contributed by atoms with Crippen LogP contribution in [0.25, 0.3) is 11.4 Å². The minimum absolute atomic E-state index is 0. The minimum atomic E-state index is -0.289. The molecule has 0 fully saturated rings. The highest BCUT2D eigenvalue weighted by Crippen LogP contribution is 2.19. The van der Waals surface area contributed by atoms with Gasteiger partial charge in [0.05, 0.1) is 6.04 Å². The van der Waals surface area contributed by atoms with Gasteiger partial charge in [-0.15, -0.1) is 12.4 Å². The lowest BCUT2D eigenvalue weighted by molar-refractivity contribution is 0.354. The quantitative estimate of drug-likeness (QED) is 0.802. The van der Waals surface area contributed by atoms with E-state index in [-0.39, 0.29) is 18.4 Å². The number of hydrogen-bond donors (Lipinski definition) is 1. The number of nitrogens with two attached hydrogens (primary N) is 1. The lowest BCUT2D eigenvalue weighted by Gasteiger charge is -2.05. The zero-order chi connectivity index (χ0) is 13.8. The Kier molecular flexibility index (Phi) is 5.09. The lowest BCUT2D eigenvalue weighted by atomic mass is 10.1. The third-order valence-corrected chi connectivity index (χ3v) is 3.09. The second-order valence-electron chi connectivity index (χ2n) is 4.62. The summed E-state index contributed by atoms with van der Waals surface area (Å²) in [6.07, 6.45) is 0.678. The summed E-state index contributed by atoms with van der Waals surface area (Å²) in [5.41, 5.74) is 8.20. The molecule has 1 heterocycles. The number of benzene rings is 2. The van der Waals surface area contributed by atoms with Gasteiger partial charge in [-0.1, -0.05) is 65.8 Å². The average Bonchev–Trinajstić information content (AvgIpc) is 2.99. The molecule has 21 heavy (non-hydrogen) atoms. The fraction of sp³-hybridized carbons (Fsp3) is 0.125. The van der Waals surface area contributed by atoms with Crippen molar-refractivity contribution in [3.63, 3.8) is 0 Å². The van der Waals surface area contributed by atoms with E-state index in [1.54, 1.807) is 0 Å². The van der Waals surface area contributed by atoms with Gasteiger partial charge in [-0.25, -0.2) is 0 Å². The first-order valence-electron chi connectivity index (χ1n) is 6.51. The summed E-state index contributed by atoms with van der Waals surface area (Å²) in [4.78, 5) is 4.37. The van der Waals surface area contributed by atoms with Crippen LogP contribution in [-0.2, 0) is 6.42 Å². The van der Waals surface area contributed by atoms with Crippen LogP contribution in [0.3, 0.4) is 0 Å². The molecular formula is C16H16ClN3O. The average molecular weight is 302 g/mol. The number of nitrogens with zero attached hydrogens (tertiary/aromatic N) is 2. The Morgan fingerprint density at radius 2 is 1.57 bits per heavy atom. The van der Waals surface area contributed by atoms with E-state index in [1.165, 1.54) is 0 Å². The van der Waals surface area contributed by atoms with Crippen LogP contribution in [-0.4, -0.2) is 10.1 Å². The maximum absolute atomic E-state index is 6.12. The summed E-state index contributed by atoms with van der Waals surface area (Å²) in [6.45, 7) is 0. The predicted molar refractivity (Wildman–Crippen MR) is 84.1 cm³/mol. The highest BCUT2D eigenvalue weighted by Gasteiger charge is 2.15. The van der Waals surface area contributed by atoms with Crippen LogP contribution in [0.1, 0.15) is 17.5 Å². The third-order valence-electron chi connectivity index (χ3n) is 3.09. The van der Waals surface area contributed by atoms with Crippen molar-refractivity contribution in [2.45, 2.75) is 12.5 Å². The Morgan fingerprint density at radius 3 is 2.24 bits per heavy atom. The summed E-state index contributed by atoms with van der Waals surface area (Å²) in [7, 11) is 0. The van der Waals surface area contributed by atoms with Crippen LogP contribution in [0.5, 0.6) is 0 Å². The number of hydrogen-bond acceptors (Lipinski definition) is 4. The summed E-state index contributed by atoms with van der Waals surface area (Å²) < 4.78 is 5.27. The van der Waals surface area contributed by atoms with E-state index < -0.39 is 0 Å². The molecule has 1 unspecified atom stereocenters. The first-order valence-corrected chi connectivity index (χ1v) is 6.51. The van der Waals surface area contributed by atoms with E-state index in [0.29, 0.717) is 18.1 Å². The van der Waals surface area contributed by atoms with Crippen molar-refractivity contribution in [1.29, 1.82) is 0 Å². The summed E-state index contributed by atoms with van der Waals surface area (Å²) in [6, 6.07) is 19.5. The second-order valence-corrected chi connectivity index (χ2v) is 4.62. The predicted octanol–water partition coefficient (Wildman–Crippen LogP) is 3.40. The molecule has 0 aliphatic carbocycles. The van der Waals surface area contributed by atoms with Crippen molar-refractivity contribution in [3.8, 4) is 11.4 Å². The maximum atomic E-state index is 6.12. The van der Waals surface area contributed by atoms with E-state index in [4.69, 9.17) is 10.3 Å². The van der Waals surface area contributed by atoms with E-state index >= 15 is 0 Å². The van der Waals surface area contributed by atoms with Crippen molar-refractivity contribution < 1.29 is 4.52 Å². The van der Waals surface area contributed by atoms with E-state index in [1.807, 2.05) is 60.7 Å². The van der Waals surface area contributed by atoms with Crippen LogP contribution < -0.4 is 5.73 Å². The molecule has 3 aromatic rings. The fourth-order valence-electron chi connectivity index (χ4n) is 2.05. The number of rotatable bonds is 4. The standard InChI is InChI=1S/C16H15N3O.ClH/c17-14(11-12-7-3-1-4-8-12)16-18-15(19-20-16)13-9-5-2-6-10-13;/h1-10,14H,11,17H2;1H. The molecule has 0 aliphatic heterocycles. The molecule has 0 amide bonds. The van der Waals surface area contributed by atoms with Crippen molar-refractivity contribution >= 4 is 12.4 Å². The van der Waals surface area contributed by atoms with Crippen LogP contribution in [0.15, 0.2) is 65.2 Å². The van der Waals surface area contributed by atoms with Gasteiger partial charge in [-0.3, -0.25) is 0 Å². The van der Waals surface area contributed by atoms with Crippen molar-refractivity contribution in [1.82, 2.24) is 10.1 Å². The SMILES string of the molecule is Cl.NC(Cc1ccccc1)c1nc(-c2ccccc2)no1. The van der Waals surface area contributed by atoms with Gasteiger partial charge >= 0.3 is 0 Å². The van der Waals surface area contributed by atoms with Gasteiger partial charge < -0.3 is 10.3 Å². The molecule has 108 valence electrons. The van der Waals surface area contributed by atoms with Crippen molar-refractivity contribution in [3.05, 3.63) is 72.1 Å². The van der Waals surface area contributed by atoms with Gasteiger partial charge in [-0.05, 0) is 12.0 Å². The molecule has 0 bridgehead atoms. The normalized spacial score (nSPS) is 11.7.